The molecule has 0 bridgehead atoms. The Bertz CT molecular complexity index is 919. The maximum absolute atomic E-state index is 12.7. The van der Waals surface area contributed by atoms with Crippen LogP contribution in [0.15, 0.2) is 53.4 Å². The predicted octanol–water partition coefficient (Wildman–Crippen LogP) is 0.182. The summed E-state index contributed by atoms with van der Waals surface area (Å²) in [5.41, 5.74) is 2.14. The van der Waals surface area contributed by atoms with Gasteiger partial charge in [0.25, 0.3) is 0 Å². The van der Waals surface area contributed by atoms with E-state index in [9.17, 15) is 8.42 Å². The zero-order valence-corrected chi connectivity index (χ0v) is 15.1. The minimum absolute atomic E-state index is 0.177. The summed E-state index contributed by atoms with van der Waals surface area (Å²) >= 11 is -0.297. The van der Waals surface area contributed by atoms with Crippen molar-refractivity contribution in [2.45, 2.75) is 18.7 Å². The van der Waals surface area contributed by atoms with E-state index in [0.717, 1.165) is 19.7 Å². The number of hydrogen-bond acceptors (Lipinski definition) is 5. The van der Waals surface area contributed by atoms with Crippen LogP contribution in [0.4, 0.5) is 0 Å². The standard InChI is InChI=1S/C15H14N4O2SSe/c1-11-3-7-13(8-4-11)22(20,21)19-15(16-17-18-19)23-14-9-5-12(2)6-10-14/h3-10H,1-2H3. The summed E-state index contributed by atoms with van der Waals surface area (Å²) in [4.78, 5) is 0.177. The van der Waals surface area contributed by atoms with Crippen LogP contribution in [0.2, 0.25) is 0 Å². The van der Waals surface area contributed by atoms with E-state index in [1.165, 1.54) is 0 Å². The second-order valence-electron chi connectivity index (χ2n) is 5.04. The SMILES string of the molecule is Cc1ccc([Se]c2nnnn2S(=O)(=O)c2ccc(C)cc2)cc1. The molecule has 1 aromatic heterocycles. The van der Waals surface area contributed by atoms with Gasteiger partial charge in [-0.25, -0.2) is 0 Å². The van der Waals surface area contributed by atoms with Crippen molar-refractivity contribution < 1.29 is 8.42 Å². The fourth-order valence-corrected chi connectivity index (χ4v) is 5.18. The van der Waals surface area contributed by atoms with E-state index < -0.39 is 10.0 Å². The van der Waals surface area contributed by atoms with Crippen molar-refractivity contribution in [3.8, 4) is 0 Å². The van der Waals surface area contributed by atoms with Crippen molar-refractivity contribution in [3.63, 3.8) is 0 Å². The van der Waals surface area contributed by atoms with E-state index in [4.69, 9.17) is 0 Å². The summed E-state index contributed by atoms with van der Waals surface area (Å²) in [6.07, 6.45) is 0. The molecule has 0 saturated heterocycles. The first-order chi connectivity index (χ1) is 11.0. The molecule has 0 fully saturated rings. The van der Waals surface area contributed by atoms with Crippen molar-refractivity contribution >= 4 is 34.2 Å². The van der Waals surface area contributed by atoms with Crippen molar-refractivity contribution in [1.29, 1.82) is 0 Å². The van der Waals surface area contributed by atoms with Gasteiger partial charge in [0.1, 0.15) is 0 Å². The summed E-state index contributed by atoms with van der Waals surface area (Å²) in [7, 11) is -3.78. The number of rotatable bonds is 4. The van der Waals surface area contributed by atoms with E-state index in [1.54, 1.807) is 24.3 Å². The van der Waals surface area contributed by atoms with Crippen molar-refractivity contribution in [3.05, 3.63) is 59.7 Å². The van der Waals surface area contributed by atoms with E-state index in [0.29, 0.717) is 4.72 Å². The van der Waals surface area contributed by atoms with Gasteiger partial charge < -0.3 is 0 Å². The summed E-state index contributed by atoms with van der Waals surface area (Å²) in [5.74, 6) is 0. The first-order valence-electron chi connectivity index (χ1n) is 6.82. The van der Waals surface area contributed by atoms with Crippen LogP contribution in [0.3, 0.4) is 0 Å². The molecular weight excluding hydrogens is 379 g/mol. The molecule has 0 unspecified atom stereocenters. The van der Waals surface area contributed by atoms with E-state index in [2.05, 4.69) is 15.5 Å². The Morgan fingerprint density at radius 1 is 0.913 bits per heavy atom. The second-order valence-corrected chi connectivity index (χ2v) is 8.99. The quantitative estimate of drug-likeness (QED) is 0.591. The van der Waals surface area contributed by atoms with Gasteiger partial charge in [0.05, 0.1) is 0 Å². The van der Waals surface area contributed by atoms with Crippen molar-refractivity contribution in [1.82, 2.24) is 19.6 Å². The van der Waals surface area contributed by atoms with Crippen LogP contribution in [0.25, 0.3) is 0 Å². The van der Waals surface area contributed by atoms with Crippen LogP contribution >= 0.6 is 0 Å². The van der Waals surface area contributed by atoms with Gasteiger partial charge in [-0.05, 0) is 0 Å². The summed E-state index contributed by atoms with van der Waals surface area (Å²) in [6.45, 7) is 3.90. The number of hydrogen-bond donors (Lipinski definition) is 0. The molecule has 2 aromatic carbocycles. The molecule has 8 heteroatoms. The first-order valence-corrected chi connectivity index (χ1v) is 9.97. The van der Waals surface area contributed by atoms with Gasteiger partial charge >= 0.3 is 141 Å². The zero-order valence-electron chi connectivity index (χ0n) is 12.5. The molecule has 0 atom stereocenters. The predicted molar refractivity (Wildman–Crippen MR) is 87.8 cm³/mol. The Balaban J connectivity index is 1.96. The van der Waals surface area contributed by atoms with Crippen LogP contribution in [-0.2, 0) is 10.0 Å². The monoisotopic (exact) mass is 394 g/mol. The minimum atomic E-state index is -3.78. The number of benzene rings is 2. The average molecular weight is 393 g/mol. The Morgan fingerprint density at radius 3 is 2.09 bits per heavy atom. The van der Waals surface area contributed by atoms with Gasteiger partial charge in [0, 0.05) is 0 Å². The Morgan fingerprint density at radius 2 is 1.48 bits per heavy atom. The van der Waals surface area contributed by atoms with Gasteiger partial charge in [0.2, 0.25) is 0 Å². The third kappa shape index (κ3) is 3.34. The van der Waals surface area contributed by atoms with Gasteiger partial charge in [0.15, 0.2) is 0 Å². The molecule has 0 N–H and O–H groups in total. The molecule has 0 saturated carbocycles. The van der Waals surface area contributed by atoms with Crippen molar-refractivity contribution in [2.75, 3.05) is 0 Å². The van der Waals surface area contributed by atoms with Gasteiger partial charge in [-0.3, -0.25) is 0 Å². The molecule has 23 heavy (non-hydrogen) atoms. The molecule has 0 spiro atoms. The zero-order chi connectivity index (χ0) is 16.4. The van der Waals surface area contributed by atoms with Crippen LogP contribution in [0.1, 0.15) is 11.1 Å². The number of tetrazole rings is 1. The van der Waals surface area contributed by atoms with Gasteiger partial charge in [-0.1, -0.05) is 0 Å². The van der Waals surface area contributed by atoms with Crippen LogP contribution < -0.4 is 9.18 Å². The average Bonchev–Trinajstić information content (AvgIpc) is 2.99. The van der Waals surface area contributed by atoms with Crippen molar-refractivity contribution in [2.24, 2.45) is 0 Å². The molecule has 118 valence electrons. The van der Waals surface area contributed by atoms with E-state index in [-0.39, 0.29) is 19.9 Å². The fraction of sp³-hybridized carbons (Fsp3) is 0.133. The molecule has 3 rings (SSSR count). The second kappa shape index (κ2) is 6.23. The molecule has 0 radical (unpaired) electrons. The maximum atomic E-state index is 12.7. The van der Waals surface area contributed by atoms with E-state index in [1.807, 2.05) is 38.1 Å². The van der Waals surface area contributed by atoms with Gasteiger partial charge in [-0.2, -0.15) is 0 Å². The third-order valence-corrected chi connectivity index (χ3v) is 7.00. The number of aryl methyl sites for hydroxylation is 2. The van der Waals surface area contributed by atoms with Gasteiger partial charge in [-0.15, -0.1) is 0 Å². The molecule has 0 aliphatic heterocycles. The molecule has 0 aliphatic carbocycles. The topological polar surface area (TPSA) is 77.7 Å². The summed E-state index contributed by atoms with van der Waals surface area (Å²) in [6, 6.07) is 14.5. The Hall–Kier alpha value is -2.02. The molecule has 0 amide bonds. The third-order valence-electron chi connectivity index (χ3n) is 3.19. The molecule has 6 nitrogen and oxygen atoms in total. The first kappa shape index (κ1) is 15.9. The molecular formula is C15H14N4O2SSe. The fourth-order valence-electron chi connectivity index (χ4n) is 1.90. The molecule has 3 aromatic rings. The summed E-state index contributed by atoms with van der Waals surface area (Å²) < 4.78 is 27.7. The number of aromatic nitrogens is 4. The number of nitrogens with zero attached hydrogens (tertiary/aromatic N) is 4. The molecule has 1 heterocycles. The summed E-state index contributed by atoms with van der Waals surface area (Å²) in [5, 5.41) is 11.1. The van der Waals surface area contributed by atoms with Crippen LogP contribution in [0.5, 0.6) is 0 Å². The Kier molecular flexibility index (Phi) is 4.30. The Labute approximate surface area is 140 Å². The van der Waals surface area contributed by atoms with E-state index >= 15 is 0 Å². The van der Waals surface area contributed by atoms with Crippen LogP contribution in [0, 0.1) is 13.8 Å². The molecule has 0 aliphatic rings. The normalized spacial score (nSPS) is 11.6. The van der Waals surface area contributed by atoms with Crippen LogP contribution in [-0.4, -0.2) is 43.0 Å².